The van der Waals surface area contributed by atoms with Gasteiger partial charge in [-0.3, -0.25) is 9.78 Å². The van der Waals surface area contributed by atoms with Crippen molar-refractivity contribution in [3.8, 4) is 5.75 Å². The van der Waals surface area contributed by atoms with Crippen LogP contribution in [0.5, 0.6) is 5.75 Å². The molecule has 0 aliphatic rings. The summed E-state index contributed by atoms with van der Waals surface area (Å²) in [6.45, 7) is 4.57. The molecule has 20 heavy (non-hydrogen) atoms. The zero-order valence-electron chi connectivity index (χ0n) is 11.6. The molecule has 1 aromatic carbocycles. The number of amides is 1. The number of nitrogens with one attached hydrogen (secondary N) is 1. The predicted molar refractivity (Wildman–Crippen MR) is 77.7 cm³/mol. The Morgan fingerprint density at radius 1 is 1.20 bits per heavy atom. The van der Waals surface area contributed by atoms with Gasteiger partial charge in [-0.25, -0.2) is 0 Å². The van der Waals surface area contributed by atoms with Gasteiger partial charge in [0.15, 0.2) is 0 Å². The maximum Gasteiger partial charge on any atom is 0.255 e. The quantitative estimate of drug-likeness (QED) is 0.897. The highest BCUT2D eigenvalue weighted by Gasteiger charge is 2.22. The van der Waals surface area contributed by atoms with Crippen molar-refractivity contribution in [3.63, 3.8) is 0 Å². The number of rotatable bonds is 4. The molecule has 0 atom stereocenters. The molecule has 0 saturated carbocycles. The lowest BCUT2D eigenvalue weighted by atomic mass is 9.85. The third kappa shape index (κ3) is 3.15. The molecule has 104 valence electrons. The summed E-state index contributed by atoms with van der Waals surface area (Å²) in [7, 11) is 0. The van der Waals surface area contributed by atoms with Crippen molar-refractivity contribution in [1.29, 1.82) is 0 Å². The molecule has 2 aromatic rings. The molecule has 4 nitrogen and oxygen atoms in total. The normalized spacial score (nSPS) is 11.1. The van der Waals surface area contributed by atoms with E-state index in [0.29, 0.717) is 6.54 Å². The number of hydrogen-bond acceptors (Lipinski definition) is 3. The van der Waals surface area contributed by atoms with Gasteiger partial charge in [0.1, 0.15) is 5.75 Å². The van der Waals surface area contributed by atoms with E-state index in [-0.39, 0.29) is 22.6 Å². The van der Waals surface area contributed by atoms with Gasteiger partial charge in [-0.15, -0.1) is 0 Å². The molecular weight excluding hydrogens is 252 g/mol. The molecular formula is C16H18N2O2. The maximum atomic E-state index is 12.1. The van der Waals surface area contributed by atoms with Crippen LogP contribution in [0.3, 0.4) is 0 Å². The van der Waals surface area contributed by atoms with Crippen molar-refractivity contribution in [3.05, 3.63) is 59.9 Å². The van der Waals surface area contributed by atoms with Gasteiger partial charge < -0.3 is 10.4 Å². The Morgan fingerprint density at radius 3 is 2.50 bits per heavy atom. The first-order chi connectivity index (χ1) is 9.50. The summed E-state index contributed by atoms with van der Waals surface area (Å²) < 4.78 is 0. The second-order valence-corrected chi connectivity index (χ2v) is 5.32. The van der Waals surface area contributed by atoms with Crippen LogP contribution in [-0.4, -0.2) is 22.5 Å². The van der Waals surface area contributed by atoms with E-state index in [0.717, 1.165) is 5.56 Å². The smallest absolute Gasteiger partial charge is 0.255 e. The molecule has 0 fully saturated rings. The highest BCUT2D eigenvalue weighted by Crippen LogP contribution is 2.22. The Morgan fingerprint density at radius 2 is 1.85 bits per heavy atom. The third-order valence-electron chi connectivity index (χ3n) is 3.30. The maximum absolute atomic E-state index is 12.1. The van der Waals surface area contributed by atoms with Gasteiger partial charge >= 0.3 is 0 Å². The van der Waals surface area contributed by atoms with Crippen molar-refractivity contribution < 1.29 is 9.90 Å². The molecule has 1 amide bonds. The molecule has 4 heteroatoms. The van der Waals surface area contributed by atoms with Crippen LogP contribution in [0.1, 0.15) is 29.8 Å². The fourth-order valence-corrected chi connectivity index (χ4v) is 1.97. The largest absolute Gasteiger partial charge is 0.507 e. The molecule has 2 N–H and O–H groups in total. The van der Waals surface area contributed by atoms with Crippen molar-refractivity contribution in [2.24, 2.45) is 0 Å². The number of para-hydroxylation sites is 1. The minimum absolute atomic E-state index is 0.00767. The van der Waals surface area contributed by atoms with Gasteiger partial charge in [-0.2, -0.15) is 0 Å². The predicted octanol–water partition coefficient (Wildman–Crippen LogP) is 2.49. The van der Waals surface area contributed by atoms with Crippen molar-refractivity contribution in [1.82, 2.24) is 10.3 Å². The Balaban J connectivity index is 2.05. The minimum Gasteiger partial charge on any atom is -0.507 e. The summed E-state index contributed by atoms with van der Waals surface area (Å²) in [5.74, 6) is -0.281. The molecule has 0 aliphatic heterocycles. The number of aromatic nitrogens is 1. The number of phenolic OH excluding ortho intramolecular Hbond substituents is 1. The van der Waals surface area contributed by atoms with Crippen LogP contribution < -0.4 is 5.32 Å². The van der Waals surface area contributed by atoms with E-state index in [4.69, 9.17) is 0 Å². The average Bonchev–Trinajstić information content (AvgIpc) is 2.46. The molecule has 1 aromatic heterocycles. The van der Waals surface area contributed by atoms with Crippen molar-refractivity contribution >= 4 is 5.91 Å². The first-order valence-corrected chi connectivity index (χ1v) is 6.47. The van der Waals surface area contributed by atoms with Gasteiger partial charge in [0, 0.05) is 24.4 Å². The molecule has 0 bridgehead atoms. The number of benzene rings is 1. The van der Waals surface area contributed by atoms with Crippen molar-refractivity contribution in [2.45, 2.75) is 19.3 Å². The van der Waals surface area contributed by atoms with Gasteiger partial charge in [-0.1, -0.05) is 26.0 Å². The lowest BCUT2D eigenvalue weighted by Crippen LogP contribution is -2.36. The summed E-state index contributed by atoms with van der Waals surface area (Å²) in [5, 5.41) is 12.5. The fourth-order valence-electron chi connectivity index (χ4n) is 1.97. The number of carbonyl (C=O) groups excluding carboxylic acids is 1. The van der Waals surface area contributed by atoms with E-state index in [1.165, 1.54) is 6.07 Å². The van der Waals surface area contributed by atoms with E-state index < -0.39 is 0 Å². The van der Waals surface area contributed by atoms with E-state index in [1.54, 1.807) is 30.6 Å². The summed E-state index contributed by atoms with van der Waals surface area (Å²) in [5.41, 5.74) is 1.19. The number of phenols is 1. The SMILES string of the molecule is CC(C)(CNC(=O)c1ccccc1O)c1ccncc1. The van der Waals surface area contributed by atoms with Crippen LogP contribution in [0.4, 0.5) is 0 Å². The lowest BCUT2D eigenvalue weighted by Gasteiger charge is -2.25. The molecule has 0 unspecified atom stereocenters. The monoisotopic (exact) mass is 270 g/mol. The number of nitrogens with zero attached hydrogens (tertiary/aromatic N) is 1. The Hall–Kier alpha value is -2.36. The number of pyridine rings is 1. The van der Waals surface area contributed by atoms with Crippen LogP contribution in [0, 0.1) is 0 Å². The molecule has 0 radical (unpaired) electrons. The van der Waals surface area contributed by atoms with Gasteiger partial charge in [0.25, 0.3) is 5.91 Å². The van der Waals surface area contributed by atoms with E-state index in [1.807, 2.05) is 26.0 Å². The summed E-state index contributed by atoms with van der Waals surface area (Å²) in [6.07, 6.45) is 3.48. The van der Waals surface area contributed by atoms with Crippen LogP contribution in [0.25, 0.3) is 0 Å². The van der Waals surface area contributed by atoms with Crippen LogP contribution in [0.15, 0.2) is 48.8 Å². The number of aromatic hydroxyl groups is 1. The molecule has 1 heterocycles. The van der Waals surface area contributed by atoms with Crippen molar-refractivity contribution in [2.75, 3.05) is 6.54 Å². The Labute approximate surface area is 118 Å². The van der Waals surface area contributed by atoms with Crippen LogP contribution in [0.2, 0.25) is 0 Å². The lowest BCUT2D eigenvalue weighted by molar-refractivity contribution is 0.0943. The Bertz CT molecular complexity index is 594. The molecule has 2 rings (SSSR count). The second kappa shape index (κ2) is 5.74. The minimum atomic E-state index is -0.273. The van der Waals surface area contributed by atoms with E-state index >= 15 is 0 Å². The highest BCUT2D eigenvalue weighted by molar-refractivity contribution is 5.96. The van der Waals surface area contributed by atoms with Crippen LogP contribution in [-0.2, 0) is 5.41 Å². The third-order valence-corrected chi connectivity index (χ3v) is 3.30. The topological polar surface area (TPSA) is 62.2 Å². The van der Waals surface area contributed by atoms with E-state index in [2.05, 4.69) is 10.3 Å². The molecule has 0 aliphatic carbocycles. The molecule has 0 spiro atoms. The fraction of sp³-hybridized carbons (Fsp3) is 0.250. The zero-order valence-corrected chi connectivity index (χ0v) is 11.6. The second-order valence-electron chi connectivity index (χ2n) is 5.32. The first-order valence-electron chi connectivity index (χ1n) is 6.47. The van der Waals surface area contributed by atoms with Crippen LogP contribution >= 0.6 is 0 Å². The average molecular weight is 270 g/mol. The van der Waals surface area contributed by atoms with Gasteiger partial charge in [-0.05, 0) is 29.8 Å². The van der Waals surface area contributed by atoms with Gasteiger partial charge in [0.2, 0.25) is 0 Å². The standard InChI is InChI=1S/C16H18N2O2/c1-16(2,12-7-9-17-10-8-12)11-18-15(20)13-5-3-4-6-14(13)19/h3-10,19H,11H2,1-2H3,(H,18,20). The zero-order chi connectivity index (χ0) is 14.6. The van der Waals surface area contributed by atoms with E-state index in [9.17, 15) is 9.90 Å². The Kier molecular flexibility index (Phi) is 4.03. The highest BCUT2D eigenvalue weighted by atomic mass is 16.3. The van der Waals surface area contributed by atoms with Gasteiger partial charge in [0.05, 0.1) is 5.56 Å². The summed E-state index contributed by atoms with van der Waals surface area (Å²) in [6, 6.07) is 10.4. The summed E-state index contributed by atoms with van der Waals surface area (Å²) >= 11 is 0. The first kappa shape index (κ1) is 14.1. The number of carbonyl (C=O) groups is 1. The number of hydrogen-bond donors (Lipinski definition) is 2. The summed E-state index contributed by atoms with van der Waals surface area (Å²) in [4.78, 5) is 16.1. The molecule has 0 saturated heterocycles.